The van der Waals surface area contributed by atoms with Gasteiger partial charge in [-0.15, -0.1) is 0 Å². The van der Waals surface area contributed by atoms with E-state index in [0.29, 0.717) is 5.56 Å². The minimum Gasteiger partial charge on any atom is -0.413 e. The van der Waals surface area contributed by atoms with Gasteiger partial charge in [-0.25, -0.2) is 13.6 Å². The molecule has 0 spiro atoms. The molecule has 4 nitrogen and oxygen atoms in total. The van der Waals surface area contributed by atoms with Crippen LogP contribution in [0.5, 0.6) is 0 Å². The molecule has 0 aliphatic rings. The molecule has 2 unspecified atom stereocenters. The highest BCUT2D eigenvalue weighted by molar-refractivity contribution is 7.89. The summed E-state index contributed by atoms with van der Waals surface area (Å²) < 4.78 is 30.4. The van der Waals surface area contributed by atoms with Gasteiger partial charge in [0.2, 0.25) is 10.0 Å². The smallest absolute Gasteiger partial charge is 0.218 e. The van der Waals surface area contributed by atoms with Crippen LogP contribution in [0.2, 0.25) is 18.1 Å². The van der Waals surface area contributed by atoms with Crippen LogP contribution < -0.4 is 5.14 Å². The van der Waals surface area contributed by atoms with E-state index < -0.39 is 29.7 Å². The molecular formula is C15H27NO3SSi. The van der Waals surface area contributed by atoms with Crippen molar-refractivity contribution in [3.63, 3.8) is 0 Å². The molecular weight excluding hydrogens is 302 g/mol. The molecule has 2 N–H and O–H groups in total. The van der Waals surface area contributed by atoms with Gasteiger partial charge in [-0.05, 0) is 30.6 Å². The van der Waals surface area contributed by atoms with Crippen LogP contribution in [0.25, 0.3) is 0 Å². The molecule has 0 bridgehead atoms. The predicted molar refractivity (Wildman–Crippen MR) is 90.0 cm³/mol. The lowest BCUT2D eigenvalue weighted by Crippen LogP contribution is -2.43. The van der Waals surface area contributed by atoms with Crippen LogP contribution in [0.1, 0.15) is 38.5 Å². The molecule has 0 aliphatic heterocycles. The number of benzene rings is 1. The van der Waals surface area contributed by atoms with Gasteiger partial charge >= 0.3 is 0 Å². The van der Waals surface area contributed by atoms with Crippen molar-refractivity contribution in [3.8, 4) is 0 Å². The van der Waals surface area contributed by atoms with Crippen molar-refractivity contribution < 1.29 is 12.8 Å². The minimum absolute atomic E-state index is 0.436. The summed E-state index contributed by atoms with van der Waals surface area (Å²) in [6, 6.07) is 12.0. The zero-order valence-electron chi connectivity index (χ0n) is 13.4. The van der Waals surface area contributed by atoms with Crippen molar-refractivity contribution in [2.24, 2.45) is 5.14 Å². The van der Waals surface area contributed by atoms with E-state index in [1.54, 1.807) is 12.1 Å². The van der Waals surface area contributed by atoms with Crippen molar-refractivity contribution in [1.29, 1.82) is 0 Å². The second-order valence-electron chi connectivity index (χ2n) is 5.49. The number of primary sulfonamides is 1. The van der Waals surface area contributed by atoms with Crippen LogP contribution in [0, 0.1) is 0 Å². The lowest BCUT2D eigenvalue weighted by molar-refractivity contribution is 0.199. The molecule has 0 saturated heterocycles. The second-order valence-corrected chi connectivity index (χ2v) is 11.9. The fraction of sp³-hybridized carbons (Fsp3) is 0.600. The van der Waals surface area contributed by atoms with Crippen molar-refractivity contribution in [1.82, 2.24) is 0 Å². The van der Waals surface area contributed by atoms with Gasteiger partial charge in [-0.3, -0.25) is 0 Å². The molecule has 0 radical (unpaired) electrons. The molecule has 21 heavy (non-hydrogen) atoms. The number of nitrogens with two attached hydrogens (primary N) is 1. The summed E-state index contributed by atoms with van der Waals surface area (Å²) in [5, 5.41) is 4.65. The summed E-state index contributed by atoms with van der Waals surface area (Å²) in [7, 11) is -5.59. The maximum absolute atomic E-state index is 12.0. The van der Waals surface area contributed by atoms with Crippen molar-refractivity contribution in [3.05, 3.63) is 35.9 Å². The Morgan fingerprint density at radius 3 is 1.95 bits per heavy atom. The number of sulfonamides is 1. The van der Waals surface area contributed by atoms with Gasteiger partial charge in [0.1, 0.15) is 5.25 Å². The molecule has 0 saturated carbocycles. The van der Waals surface area contributed by atoms with E-state index >= 15 is 0 Å². The second kappa shape index (κ2) is 7.53. The first-order chi connectivity index (χ1) is 9.79. The Balaban J connectivity index is 3.11. The van der Waals surface area contributed by atoms with Crippen LogP contribution >= 0.6 is 0 Å². The molecule has 0 aromatic heterocycles. The first-order valence-electron chi connectivity index (χ1n) is 7.54. The molecule has 1 rings (SSSR count). The van der Waals surface area contributed by atoms with Gasteiger partial charge in [0.15, 0.2) is 8.32 Å². The first-order valence-corrected chi connectivity index (χ1v) is 11.7. The minimum atomic E-state index is -3.72. The first kappa shape index (κ1) is 18.4. The van der Waals surface area contributed by atoms with Crippen molar-refractivity contribution in [2.75, 3.05) is 0 Å². The Kier molecular flexibility index (Phi) is 6.59. The maximum atomic E-state index is 12.0. The van der Waals surface area contributed by atoms with E-state index in [1.807, 2.05) is 25.1 Å². The van der Waals surface area contributed by atoms with Gasteiger partial charge in [0.25, 0.3) is 0 Å². The Morgan fingerprint density at radius 2 is 1.57 bits per heavy atom. The average Bonchev–Trinajstić information content (AvgIpc) is 2.45. The van der Waals surface area contributed by atoms with E-state index in [0.717, 1.165) is 18.1 Å². The zero-order valence-corrected chi connectivity index (χ0v) is 15.2. The van der Waals surface area contributed by atoms with Crippen molar-refractivity contribution >= 4 is 18.3 Å². The fourth-order valence-electron chi connectivity index (χ4n) is 2.83. The van der Waals surface area contributed by atoms with Gasteiger partial charge in [-0.2, -0.15) is 0 Å². The molecule has 2 atom stereocenters. The quantitative estimate of drug-likeness (QED) is 0.743. The third-order valence-corrected chi connectivity index (χ3v) is 10.4. The summed E-state index contributed by atoms with van der Waals surface area (Å²) in [6.45, 7) is 8.20. The zero-order chi connectivity index (χ0) is 16.1. The number of rotatable bonds is 8. The monoisotopic (exact) mass is 329 g/mol. The van der Waals surface area contributed by atoms with E-state index in [1.165, 1.54) is 0 Å². The van der Waals surface area contributed by atoms with Crippen LogP contribution in [0.3, 0.4) is 0 Å². The third kappa shape index (κ3) is 4.64. The molecule has 6 heteroatoms. The van der Waals surface area contributed by atoms with E-state index in [-0.39, 0.29) is 0 Å². The highest BCUT2D eigenvalue weighted by Crippen LogP contribution is 2.31. The summed E-state index contributed by atoms with van der Waals surface area (Å²) in [5.74, 6) is 0. The summed E-state index contributed by atoms with van der Waals surface area (Å²) in [5.41, 5.74) is 0.693. The molecule has 1 aromatic carbocycles. The lowest BCUT2D eigenvalue weighted by Gasteiger charge is -2.34. The highest BCUT2D eigenvalue weighted by Gasteiger charge is 2.37. The van der Waals surface area contributed by atoms with E-state index in [2.05, 4.69) is 20.8 Å². The molecule has 0 heterocycles. The van der Waals surface area contributed by atoms with Crippen LogP contribution in [-0.2, 0) is 14.4 Å². The fourth-order valence-corrected chi connectivity index (χ4v) is 6.98. The highest BCUT2D eigenvalue weighted by atomic mass is 32.2. The molecule has 0 aliphatic carbocycles. The van der Waals surface area contributed by atoms with Crippen molar-refractivity contribution in [2.45, 2.75) is 57.2 Å². The molecule has 0 fully saturated rings. The Labute approximate surface area is 129 Å². The van der Waals surface area contributed by atoms with E-state index in [4.69, 9.17) is 9.56 Å². The number of hydrogen-bond acceptors (Lipinski definition) is 3. The summed E-state index contributed by atoms with van der Waals surface area (Å²) in [6.07, 6.45) is -0.436. The van der Waals surface area contributed by atoms with E-state index in [9.17, 15) is 8.42 Å². The topological polar surface area (TPSA) is 69.4 Å². The van der Waals surface area contributed by atoms with Gasteiger partial charge < -0.3 is 4.43 Å². The molecule has 0 amide bonds. The summed E-state index contributed by atoms with van der Waals surface area (Å²) >= 11 is 0. The lowest BCUT2D eigenvalue weighted by atomic mass is 10.1. The van der Waals surface area contributed by atoms with Crippen LogP contribution in [0.4, 0.5) is 0 Å². The van der Waals surface area contributed by atoms with Crippen LogP contribution in [0.15, 0.2) is 30.3 Å². The van der Waals surface area contributed by atoms with Gasteiger partial charge in [0.05, 0.1) is 6.10 Å². The number of hydrogen-bond donors (Lipinski definition) is 1. The maximum Gasteiger partial charge on any atom is 0.218 e. The summed E-state index contributed by atoms with van der Waals surface area (Å²) in [4.78, 5) is 0. The Bertz CT molecular complexity index is 521. The average molecular weight is 330 g/mol. The third-order valence-electron chi connectivity index (χ3n) is 4.28. The molecule has 1 aromatic rings. The SMILES string of the molecule is CC[Si](CC)(CC)OC(C)C(c1ccccc1)S(N)(=O)=O. The largest absolute Gasteiger partial charge is 0.413 e. The van der Waals surface area contributed by atoms with Gasteiger partial charge in [0, 0.05) is 0 Å². The molecule has 120 valence electrons. The normalized spacial score (nSPS) is 15.7. The predicted octanol–water partition coefficient (Wildman–Crippen LogP) is 3.43. The van der Waals surface area contributed by atoms with Gasteiger partial charge in [-0.1, -0.05) is 51.1 Å². The van der Waals surface area contributed by atoms with Crippen LogP contribution in [-0.4, -0.2) is 22.8 Å². The standard InChI is InChI=1S/C15H27NO3SSi/c1-5-21(6-2,7-3)19-13(4)15(20(16,17)18)14-11-9-8-10-12-14/h8-13,15H,5-7H2,1-4H3,(H2,16,17,18). The Morgan fingerprint density at radius 1 is 1.10 bits per heavy atom. The Hall–Kier alpha value is -0.693.